The number of nitrogens with zero attached hydrogens (tertiary/aromatic N) is 1. The molecule has 0 atom stereocenters. The fraction of sp³-hybridized carbons (Fsp3) is 0.857. The third-order valence-electron chi connectivity index (χ3n) is 3.04. The molecule has 0 spiro atoms. The lowest BCUT2D eigenvalue weighted by molar-refractivity contribution is 0.249. The number of rotatable bonds is 11. The zero-order valence-electron chi connectivity index (χ0n) is 12.3. The first kappa shape index (κ1) is 17.7. The quantitative estimate of drug-likeness (QED) is 0.306. The minimum Gasteiger partial charge on any atom is -0.370 e. The Kier molecular flexibility index (Phi) is 12.3. The molecule has 0 radical (unpaired) electrons. The van der Waals surface area contributed by atoms with Gasteiger partial charge in [-0.2, -0.15) is 4.99 Å². The van der Waals surface area contributed by atoms with Crippen molar-refractivity contribution in [3.8, 4) is 0 Å². The van der Waals surface area contributed by atoms with E-state index in [2.05, 4.69) is 17.2 Å². The molecule has 5 heteroatoms. The molecule has 0 aliphatic heterocycles. The second-order valence-corrected chi connectivity index (χ2v) is 4.95. The van der Waals surface area contributed by atoms with Gasteiger partial charge in [-0.1, -0.05) is 64.7 Å². The lowest BCUT2D eigenvalue weighted by Crippen LogP contribution is -2.29. The Morgan fingerprint density at radius 2 is 1.37 bits per heavy atom. The molecular formula is C14H30N4O. The fourth-order valence-corrected chi connectivity index (χ4v) is 1.96. The number of carbonyl (C=O) groups is 1. The maximum Gasteiger partial charge on any atom is 0.344 e. The molecule has 112 valence electrons. The minimum atomic E-state index is -0.448. The number of amides is 2. The second kappa shape index (κ2) is 13.2. The van der Waals surface area contributed by atoms with Crippen LogP contribution in [0.15, 0.2) is 4.99 Å². The summed E-state index contributed by atoms with van der Waals surface area (Å²) in [5.41, 5.74) is 10.2. The zero-order valence-corrected chi connectivity index (χ0v) is 12.3. The summed E-state index contributed by atoms with van der Waals surface area (Å²) in [4.78, 5) is 14.4. The maximum atomic E-state index is 11.1. The van der Waals surface area contributed by atoms with Gasteiger partial charge in [-0.25, -0.2) is 4.79 Å². The Morgan fingerprint density at radius 1 is 0.895 bits per heavy atom. The number of unbranched alkanes of at least 4 members (excludes halogenated alkanes) is 9. The van der Waals surface area contributed by atoms with Gasteiger partial charge in [0.2, 0.25) is 0 Å². The molecule has 2 amide bonds. The summed E-state index contributed by atoms with van der Waals surface area (Å²) in [5.74, 6) is -0.194. The maximum absolute atomic E-state index is 11.1. The van der Waals surface area contributed by atoms with Gasteiger partial charge in [-0.15, -0.1) is 0 Å². The fourth-order valence-electron chi connectivity index (χ4n) is 1.96. The van der Waals surface area contributed by atoms with Crippen LogP contribution < -0.4 is 16.8 Å². The third kappa shape index (κ3) is 14.7. The van der Waals surface area contributed by atoms with Crippen LogP contribution in [0.5, 0.6) is 0 Å². The van der Waals surface area contributed by atoms with Crippen LogP contribution >= 0.6 is 0 Å². The Labute approximate surface area is 117 Å². The van der Waals surface area contributed by atoms with E-state index >= 15 is 0 Å². The highest BCUT2D eigenvalue weighted by Crippen LogP contribution is 2.10. The van der Waals surface area contributed by atoms with Crippen molar-refractivity contribution in [3.63, 3.8) is 0 Å². The zero-order chi connectivity index (χ0) is 14.3. The van der Waals surface area contributed by atoms with E-state index < -0.39 is 6.03 Å². The van der Waals surface area contributed by atoms with Crippen LogP contribution in [0.3, 0.4) is 0 Å². The molecule has 0 saturated heterocycles. The number of hydrogen-bond donors (Lipinski definition) is 3. The predicted molar refractivity (Wildman–Crippen MR) is 81.1 cm³/mol. The molecule has 0 aromatic rings. The third-order valence-corrected chi connectivity index (χ3v) is 3.04. The number of nitrogens with two attached hydrogens (primary N) is 2. The molecule has 0 aliphatic rings. The van der Waals surface area contributed by atoms with Crippen molar-refractivity contribution in [2.24, 2.45) is 16.5 Å². The van der Waals surface area contributed by atoms with E-state index in [1.165, 1.54) is 51.4 Å². The van der Waals surface area contributed by atoms with Gasteiger partial charge in [0, 0.05) is 6.54 Å². The lowest BCUT2D eigenvalue weighted by Gasteiger charge is -2.03. The predicted octanol–water partition coefficient (Wildman–Crippen LogP) is 2.89. The Bertz CT molecular complexity index is 250. The molecule has 0 saturated carbocycles. The van der Waals surface area contributed by atoms with E-state index in [-0.39, 0.29) is 5.96 Å². The van der Waals surface area contributed by atoms with Crippen LogP contribution in [-0.4, -0.2) is 18.5 Å². The van der Waals surface area contributed by atoms with Crippen LogP contribution in [0.1, 0.15) is 71.1 Å². The highest BCUT2D eigenvalue weighted by Gasteiger charge is 1.97. The first-order valence-electron chi connectivity index (χ1n) is 7.54. The van der Waals surface area contributed by atoms with Crippen LogP contribution in [0, 0.1) is 0 Å². The molecule has 0 fully saturated rings. The van der Waals surface area contributed by atoms with Gasteiger partial charge in [0.1, 0.15) is 0 Å². The SMILES string of the molecule is CCCCCCCCCCCCNC(=O)N=C(N)N. The summed E-state index contributed by atoms with van der Waals surface area (Å²) in [6.45, 7) is 2.89. The molecule has 0 rings (SSSR count). The van der Waals surface area contributed by atoms with Gasteiger partial charge >= 0.3 is 6.03 Å². The average molecular weight is 270 g/mol. The van der Waals surface area contributed by atoms with Crippen molar-refractivity contribution in [3.05, 3.63) is 0 Å². The molecule has 5 N–H and O–H groups in total. The van der Waals surface area contributed by atoms with Crippen LogP contribution in [0.25, 0.3) is 0 Å². The first-order valence-corrected chi connectivity index (χ1v) is 7.54. The van der Waals surface area contributed by atoms with Crippen molar-refractivity contribution in [1.29, 1.82) is 0 Å². The van der Waals surface area contributed by atoms with Gasteiger partial charge in [0.15, 0.2) is 5.96 Å². The number of nitrogens with one attached hydrogen (secondary N) is 1. The van der Waals surface area contributed by atoms with Crippen LogP contribution in [0.2, 0.25) is 0 Å². The van der Waals surface area contributed by atoms with Gasteiger partial charge < -0.3 is 16.8 Å². The van der Waals surface area contributed by atoms with Crippen molar-refractivity contribution in [2.75, 3.05) is 6.54 Å². The van der Waals surface area contributed by atoms with E-state index in [0.717, 1.165) is 12.8 Å². The molecule has 0 heterocycles. The van der Waals surface area contributed by atoms with Gasteiger partial charge in [-0.3, -0.25) is 0 Å². The van der Waals surface area contributed by atoms with E-state index in [1.807, 2.05) is 0 Å². The van der Waals surface area contributed by atoms with Crippen LogP contribution in [0.4, 0.5) is 4.79 Å². The summed E-state index contributed by atoms with van der Waals surface area (Å²) in [6, 6.07) is -0.448. The van der Waals surface area contributed by atoms with Crippen molar-refractivity contribution < 1.29 is 4.79 Å². The Morgan fingerprint density at radius 3 is 1.84 bits per heavy atom. The smallest absolute Gasteiger partial charge is 0.344 e. The molecule has 0 aromatic carbocycles. The highest BCUT2D eigenvalue weighted by molar-refractivity contribution is 5.90. The summed E-state index contributed by atoms with van der Waals surface area (Å²) in [5, 5.41) is 2.65. The number of aliphatic imine (C=N–C) groups is 1. The van der Waals surface area contributed by atoms with E-state index in [1.54, 1.807) is 0 Å². The standard InChI is InChI=1S/C14H30N4O/c1-2-3-4-5-6-7-8-9-10-11-12-17-14(19)18-13(15)16/h2-12H2,1H3,(H5,15,16,17,18,19). The van der Waals surface area contributed by atoms with E-state index in [0.29, 0.717) is 6.54 Å². The number of hydrogen-bond acceptors (Lipinski definition) is 1. The van der Waals surface area contributed by atoms with Crippen molar-refractivity contribution in [2.45, 2.75) is 71.1 Å². The van der Waals surface area contributed by atoms with Gasteiger partial charge in [-0.05, 0) is 6.42 Å². The second-order valence-electron chi connectivity index (χ2n) is 4.95. The Balaban J connectivity index is 3.15. The molecule has 0 aromatic heterocycles. The van der Waals surface area contributed by atoms with E-state index in [9.17, 15) is 4.79 Å². The molecule has 19 heavy (non-hydrogen) atoms. The normalized spacial score (nSPS) is 10.2. The largest absolute Gasteiger partial charge is 0.370 e. The van der Waals surface area contributed by atoms with Crippen LogP contribution in [-0.2, 0) is 0 Å². The molecule has 0 unspecified atom stereocenters. The lowest BCUT2D eigenvalue weighted by atomic mass is 10.1. The summed E-state index contributed by atoms with van der Waals surface area (Å²) >= 11 is 0. The monoisotopic (exact) mass is 270 g/mol. The minimum absolute atomic E-state index is 0.194. The summed E-state index contributed by atoms with van der Waals surface area (Å²) in [7, 11) is 0. The molecule has 0 aliphatic carbocycles. The highest BCUT2D eigenvalue weighted by atomic mass is 16.2. The summed E-state index contributed by atoms with van der Waals surface area (Å²) < 4.78 is 0. The molecule has 0 bridgehead atoms. The topological polar surface area (TPSA) is 93.5 Å². The van der Waals surface area contributed by atoms with E-state index in [4.69, 9.17) is 11.5 Å². The van der Waals surface area contributed by atoms with Crippen molar-refractivity contribution in [1.82, 2.24) is 5.32 Å². The molecule has 5 nitrogen and oxygen atoms in total. The summed E-state index contributed by atoms with van der Waals surface area (Å²) in [6.07, 6.45) is 12.8. The number of carbonyl (C=O) groups excluding carboxylic acids is 1. The Hall–Kier alpha value is -1.26. The number of urea groups is 1. The first-order chi connectivity index (χ1) is 9.16. The van der Waals surface area contributed by atoms with Gasteiger partial charge in [0.25, 0.3) is 0 Å². The van der Waals surface area contributed by atoms with Gasteiger partial charge in [0.05, 0.1) is 0 Å². The average Bonchev–Trinajstić information content (AvgIpc) is 2.35. The van der Waals surface area contributed by atoms with Crippen molar-refractivity contribution >= 4 is 12.0 Å². The molecular weight excluding hydrogens is 240 g/mol. The number of guanidine groups is 1.